The topological polar surface area (TPSA) is 17.1 Å². The zero-order valence-corrected chi connectivity index (χ0v) is 19.9. The van der Waals surface area contributed by atoms with Crippen molar-refractivity contribution < 1.29 is 4.79 Å². The Labute approximate surface area is 179 Å². The molecular formula is C28H44O. The molecule has 0 aromatic rings. The predicted octanol–water partition coefficient (Wildman–Crippen LogP) is 7.76. The summed E-state index contributed by atoms with van der Waals surface area (Å²) in [7, 11) is 0. The smallest absolute Gasteiger partial charge is 0.155 e. The zero-order valence-electron chi connectivity index (χ0n) is 19.9. The molecule has 0 aromatic heterocycles. The van der Waals surface area contributed by atoms with E-state index < -0.39 is 0 Å². The summed E-state index contributed by atoms with van der Waals surface area (Å²) in [5.74, 6) is 4.29. The number of allylic oxidation sites excluding steroid dienone is 3. The number of ketones is 1. The fourth-order valence-electron chi connectivity index (χ4n) is 8.56. The van der Waals surface area contributed by atoms with Crippen LogP contribution in [0.15, 0.2) is 23.8 Å². The summed E-state index contributed by atoms with van der Waals surface area (Å²) in [5, 5.41) is 0. The molecule has 0 heterocycles. The lowest BCUT2D eigenvalue weighted by atomic mass is 9.41. The van der Waals surface area contributed by atoms with Crippen LogP contribution in [0.2, 0.25) is 0 Å². The molecule has 0 bridgehead atoms. The lowest BCUT2D eigenvalue weighted by molar-refractivity contribution is -0.125. The molecular weight excluding hydrogens is 352 g/mol. The monoisotopic (exact) mass is 396 g/mol. The van der Waals surface area contributed by atoms with Crippen LogP contribution in [-0.4, -0.2) is 5.78 Å². The summed E-state index contributed by atoms with van der Waals surface area (Å²) in [5.41, 5.74) is 2.73. The first-order valence-electron chi connectivity index (χ1n) is 12.5. The van der Waals surface area contributed by atoms with Crippen LogP contribution in [-0.2, 0) is 4.79 Å². The Kier molecular flexibility index (Phi) is 5.44. The van der Waals surface area contributed by atoms with Gasteiger partial charge in [-0.25, -0.2) is 0 Å². The molecule has 3 saturated carbocycles. The van der Waals surface area contributed by atoms with Gasteiger partial charge in [0.15, 0.2) is 5.78 Å². The molecule has 4 rings (SSSR count). The largest absolute Gasteiger partial charge is 0.295 e. The molecule has 1 heteroatoms. The number of rotatable bonds is 4. The van der Waals surface area contributed by atoms with Crippen molar-refractivity contribution in [2.24, 2.45) is 45.8 Å². The highest BCUT2D eigenvalue weighted by Gasteiger charge is 2.64. The van der Waals surface area contributed by atoms with Crippen molar-refractivity contribution in [1.82, 2.24) is 0 Å². The van der Waals surface area contributed by atoms with Crippen LogP contribution in [0.4, 0.5) is 0 Å². The third-order valence-electron chi connectivity index (χ3n) is 10.6. The molecule has 4 aliphatic rings. The maximum Gasteiger partial charge on any atom is 0.155 e. The molecule has 0 radical (unpaired) electrons. The Morgan fingerprint density at radius 2 is 1.69 bits per heavy atom. The van der Waals surface area contributed by atoms with Gasteiger partial charge in [0.05, 0.1) is 0 Å². The van der Waals surface area contributed by atoms with Gasteiger partial charge in [-0.1, -0.05) is 59.3 Å². The summed E-state index contributed by atoms with van der Waals surface area (Å²) in [6.45, 7) is 15.0. The van der Waals surface area contributed by atoms with E-state index in [-0.39, 0.29) is 0 Å². The molecule has 4 aliphatic carbocycles. The number of carbonyl (C=O) groups is 1. The molecule has 0 unspecified atom stereocenters. The minimum absolute atomic E-state index is 0.294. The van der Waals surface area contributed by atoms with Gasteiger partial charge in [-0.2, -0.15) is 0 Å². The van der Waals surface area contributed by atoms with Gasteiger partial charge in [0.1, 0.15) is 0 Å². The summed E-state index contributed by atoms with van der Waals surface area (Å²) in [4.78, 5) is 12.1. The van der Waals surface area contributed by atoms with Crippen LogP contribution in [0.5, 0.6) is 0 Å². The molecule has 1 nitrogen and oxygen atoms in total. The average Bonchev–Trinajstić information content (AvgIpc) is 2.93. The van der Waals surface area contributed by atoms with Crippen molar-refractivity contribution in [1.29, 1.82) is 0 Å². The van der Waals surface area contributed by atoms with E-state index in [0.29, 0.717) is 27.9 Å². The lowest BCUT2D eigenvalue weighted by Crippen LogP contribution is -2.55. The normalized spacial score (nSPS) is 45.7. The van der Waals surface area contributed by atoms with E-state index in [1.165, 1.54) is 50.5 Å². The molecule has 0 saturated heterocycles. The highest BCUT2D eigenvalue weighted by atomic mass is 16.1. The Balaban J connectivity index is 1.59. The van der Waals surface area contributed by atoms with E-state index in [9.17, 15) is 4.79 Å². The second-order valence-corrected chi connectivity index (χ2v) is 12.2. The van der Waals surface area contributed by atoms with E-state index in [4.69, 9.17) is 0 Å². The molecule has 3 fully saturated rings. The number of carbonyl (C=O) groups excluding carboxylic acids is 1. The third kappa shape index (κ3) is 3.21. The Bertz CT molecular complexity index is 714. The van der Waals surface area contributed by atoms with Gasteiger partial charge < -0.3 is 0 Å². The van der Waals surface area contributed by atoms with Crippen molar-refractivity contribution in [3.63, 3.8) is 0 Å². The Morgan fingerprint density at radius 1 is 0.966 bits per heavy atom. The molecule has 7 atom stereocenters. The number of fused-ring (bicyclic) bond motifs is 5. The van der Waals surface area contributed by atoms with Crippen LogP contribution in [0.3, 0.4) is 0 Å². The molecule has 29 heavy (non-hydrogen) atoms. The average molecular weight is 397 g/mol. The summed E-state index contributed by atoms with van der Waals surface area (Å²) in [6, 6.07) is 0. The van der Waals surface area contributed by atoms with Gasteiger partial charge in [0.25, 0.3) is 0 Å². The van der Waals surface area contributed by atoms with Gasteiger partial charge in [-0.05, 0) is 103 Å². The second kappa shape index (κ2) is 7.38. The highest BCUT2D eigenvalue weighted by Crippen LogP contribution is 2.72. The van der Waals surface area contributed by atoms with Crippen LogP contribution in [0, 0.1) is 45.8 Å². The van der Waals surface area contributed by atoms with E-state index >= 15 is 0 Å². The van der Waals surface area contributed by atoms with Gasteiger partial charge >= 0.3 is 0 Å². The standard InChI is InChI=1S/C28H44O/c1-19(2)8-7-9-20(3)23-13-16-28(6)25-11-10-21-18-22(29)12-15-26(21,4)24(25)14-17-27(23,28)5/h7,9,18-20,23-25H,8,10-17H2,1-6H3/b9-7+/t20-,23-,24+,25-,26+,27-,28+/m1/s1. The predicted molar refractivity (Wildman–Crippen MR) is 123 cm³/mol. The summed E-state index contributed by atoms with van der Waals surface area (Å²) in [6.07, 6.45) is 18.2. The second-order valence-electron chi connectivity index (χ2n) is 12.2. The zero-order chi connectivity index (χ0) is 21.0. The number of hydrogen-bond acceptors (Lipinski definition) is 1. The molecule has 0 amide bonds. The van der Waals surface area contributed by atoms with Crippen LogP contribution in [0.25, 0.3) is 0 Å². The minimum Gasteiger partial charge on any atom is -0.295 e. The van der Waals surface area contributed by atoms with Gasteiger partial charge in [0.2, 0.25) is 0 Å². The summed E-state index contributed by atoms with van der Waals surface area (Å²) < 4.78 is 0. The quantitative estimate of drug-likeness (QED) is 0.444. The molecule has 0 spiro atoms. The van der Waals surface area contributed by atoms with Gasteiger partial charge in [-0.3, -0.25) is 4.79 Å². The van der Waals surface area contributed by atoms with Crippen LogP contribution >= 0.6 is 0 Å². The fourth-order valence-corrected chi connectivity index (χ4v) is 8.56. The lowest BCUT2D eigenvalue weighted by Gasteiger charge is -2.63. The molecule has 162 valence electrons. The number of hydrogen-bond donors (Lipinski definition) is 0. The van der Waals surface area contributed by atoms with Crippen LogP contribution < -0.4 is 0 Å². The maximum atomic E-state index is 12.1. The summed E-state index contributed by atoms with van der Waals surface area (Å²) >= 11 is 0. The fraction of sp³-hybridized carbons (Fsp3) is 0.821. The molecule has 0 N–H and O–H groups in total. The van der Waals surface area contributed by atoms with Gasteiger partial charge in [0, 0.05) is 6.42 Å². The Morgan fingerprint density at radius 3 is 2.41 bits per heavy atom. The Hall–Kier alpha value is -0.850. The molecule has 0 aliphatic heterocycles. The first-order valence-corrected chi connectivity index (χ1v) is 12.5. The minimum atomic E-state index is 0.294. The highest BCUT2D eigenvalue weighted by molar-refractivity contribution is 5.91. The van der Waals surface area contributed by atoms with E-state index in [0.717, 1.165) is 36.5 Å². The van der Waals surface area contributed by atoms with E-state index in [2.05, 4.69) is 59.8 Å². The van der Waals surface area contributed by atoms with Crippen molar-refractivity contribution in [2.75, 3.05) is 0 Å². The first kappa shape index (κ1) is 21.4. The van der Waals surface area contributed by atoms with E-state index in [1.54, 1.807) is 0 Å². The van der Waals surface area contributed by atoms with Crippen molar-refractivity contribution >= 4 is 5.78 Å². The maximum absolute atomic E-state index is 12.1. The van der Waals surface area contributed by atoms with Crippen molar-refractivity contribution in [2.45, 2.75) is 99.3 Å². The first-order chi connectivity index (χ1) is 13.6. The van der Waals surface area contributed by atoms with Crippen molar-refractivity contribution in [3.05, 3.63) is 23.8 Å². The van der Waals surface area contributed by atoms with E-state index in [1.807, 2.05) is 0 Å². The molecule has 0 aromatic carbocycles. The SMILES string of the molecule is CC(C)C/C=C/[C@@H](C)[C@H]1CC[C@@]2(C)[C@@H]3CCC4=CC(=O)CC[C@]4(C)[C@H]3CC[C@]12C. The van der Waals surface area contributed by atoms with Crippen LogP contribution in [0.1, 0.15) is 99.3 Å². The third-order valence-corrected chi connectivity index (χ3v) is 10.6. The van der Waals surface area contributed by atoms with Crippen molar-refractivity contribution in [3.8, 4) is 0 Å². The van der Waals surface area contributed by atoms with Gasteiger partial charge in [-0.15, -0.1) is 0 Å².